The smallest absolute Gasteiger partial charge is 0.264 e. The second-order valence-electron chi connectivity index (χ2n) is 16.7. The summed E-state index contributed by atoms with van der Waals surface area (Å²) in [6, 6.07) is 15.5. The van der Waals surface area contributed by atoms with Gasteiger partial charge >= 0.3 is 0 Å². The molecule has 16 nitrogen and oxygen atoms in total. The Bertz CT molecular complexity index is 2800. The number of nitrogens with one attached hydrogen (secondary N) is 4. The second-order valence-corrected chi connectivity index (χ2v) is 18.0. The Morgan fingerprint density at radius 1 is 0.938 bits per heavy atom. The van der Waals surface area contributed by atoms with Gasteiger partial charge in [-0.2, -0.15) is 0 Å². The summed E-state index contributed by atoms with van der Waals surface area (Å²) < 4.78 is 47.0. The molecule has 2 unspecified atom stereocenters. The summed E-state index contributed by atoms with van der Waals surface area (Å²) in [5.74, 6) is -5.41. The highest BCUT2D eigenvalue weighted by Crippen LogP contribution is 2.37. The number of aromatic nitrogens is 2. The van der Waals surface area contributed by atoms with E-state index in [1.54, 1.807) is 44.4 Å². The topological polar surface area (TPSA) is 197 Å². The quantitative estimate of drug-likeness (QED) is 0.0957. The minimum atomic E-state index is -1.81. The van der Waals surface area contributed by atoms with E-state index in [1.807, 2.05) is 29.2 Å². The van der Waals surface area contributed by atoms with Gasteiger partial charge in [0.1, 0.15) is 17.5 Å². The molecule has 19 heteroatoms. The second kappa shape index (κ2) is 17.7. The van der Waals surface area contributed by atoms with Gasteiger partial charge in [-0.1, -0.05) is 37.3 Å². The number of imide groups is 2. The van der Waals surface area contributed by atoms with Crippen molar-refractivity contribution in [1.82, 2.24) is 34.3 Å². The van der Waals surface area contributed by atoms with Gasteiger partial charge in [0.25, 0.3) is 11.8 Å². The van der Waals surface area contributed by atoms with Gasteiger partial charge in [-0.15, -0.1) is 0 Å². The third-order valence-electron chi connectivity index (χ3n) is 12.7. The first-order valence-corrected chi connectivity index (χ1v) is 22.5. The number of aromatic amines is 1. The van der Waals surface area contributed by atoms with Crippen LogP contribution in [0.25, 0.3) is 22.2 Å². The Morgan fingerprint density at radius 3 is 2.42 bits per heavy atom. The molecule has 4 N–H and O–H groups in total. The SMILES string of the molecule is CCN(C)S(=O)Nc1ccc(F)c(C(=O)c2c[nH]c3ncc(-c4ccc(CN5CCN(C(=O)C6CC(Nc7cccc8c7C(=O)N(C7CCC(=O)NC7=O)C8=O)C6)CC5)cc4)cc23)c1F. The number of halogens is 2. The third kappa shape index (κ3) is 8.30. The fraction of sp³-hybridized carbons (Fsp3) is 0.326. The molecule has 4 aliphatic rings. The van der Waals surface area contributed by atoms with Gasteiger partial charge in [-0.05, 0) is 60.7 Å². The first kappa shape index (κ1) is 43.5. The van der Waals surface area contributed by atoms with E-state index in [-0.39, 0.29) is 53.1 Å². The molecule has 9 rings (SSSR count). The summed E-state index contributed by atoms with van der Waals surface area (Å²) in [5.41, 5.74) is 2.82. The highest BCUT2D eigenvalue weighted by Gasteiger charge is 2.46. The van der Waals surface area contributed by atoms with E-state index in [0.29, 0.717) is 74.4 Å². The van der Waals surface area contributed by atoms with Crippen molar-refractivity contribution in [3.05, 3.63) is 113 Å². The van der Waals surface area contributed by atoms with Crippen molar-refractivity contribution in [2.75, 3.05) is 49.8 Å². The maximum absolute atomic E-state index is 15.6. The number of carbonyl (C=O) groups excluding carboxylic acids is 6. The minimum absolute atomic E-state index is 0.0345. The van der Waals surface area contributed by atoms with Gasteiger partial charge in [0.2, 0.25) is 23.5 Å². The highest BCUT2D eigenvalue weighted by molar-refractivity contribution is 7.84. The van der Waals surface area contributed by atoms with Crippen LogP contribution in [0.15, 0.2) is 73.1 Å². The lowest BCUT2D eigenvalue weighted by Crippen LogP contribution is -2.54. The standard InChI is InChI=1S/C46H45F2N9O7S/c1-3-54(2)65(64)53-35-12-11-33(47)39(40(35)48)41(59)32-23-50-42-31(32)21-28(22-49-42)26-9-7-25(8-10-26)24-55-15-17-56(18-16-55)44(61)27-19-29(20-27)51-34-6-4-5-30-38(34)46(63)57(45(30)62)36-13-14-37(58)52-43(36)60/h4-12,21-23,27,29,36,51,53H,3,13-20,24H2,1-2H3,(H,49,50)(H,52,58,60). The van der Waals surface area contributed by atoms with Crippen LogP contribution in [-0.4, -0.2) is 120 Å². The average molecular weight is 906 g/mol. The van der Waals surface area contributed by atoms with Crippen LogP contribution in [0, 0.1) is 17.6 Å². The van der Waals surface area contributed by atoms with Crippen LogP contribution in [0.4, 0.5) is 20.2 Å². The highest BCUT2D eigenvalue weighted by atomic mass is 32.2. The van der Waals surface area contributed by atoms with E-state index < -0.39 is 63.8 Å². The maximum Gasteiger partial charge on any atom is 0.264 e. The zero-order chi connectivity index (χ0) is 45.7. The molecule has 5 aromatic rings. The van der Waals surface area contributed by atoms with Gasteiger partial charge in [-0.25, -0.2) is 22.3 Å². The number of nitrogens with zero attached hydrogens (tertiary/aromatic N) is 5. The number of piperazine rings is 1. The molecule has 0 bridgehead atoms. The van der Waals surface area contributed by atoms with Crippen molar-refractivity contribution in [2.45, 2.75) is 51.2 Å². The number of ketones is 1. The average Bonchev–Trinajstić information content (AvgIpc) is 3.83. The van der Waals surface area contributed by atoms with E-state index in [2.05, 4.69) is 30.2 Å². The minimum Gasteiger partial charge on any atom is -0.382 e. The van der Waals surface area contributed by atoms with Gasteiger partial charge in [0.05, 0.1) is 22.4 Å². The van der Waals surface area contributed by atoms with Crippen molar-refractivity contribution in [2.24, 2.45) is 5.92 Å². The number of H-pyrrole nitrogens is 1. The Hall–Kier alpha value is -6.70. The Kier molecular flexibility index (Phi) is 11.9. The zero-order valence-electron chi connectivity index (χ0n) is 35.5. The molecule has 0 radical (unpaired) electrons. The largest absolute Gasteiger partial charge is 0.382 e. The van der Waals surface area contributed by atoms with Crippen LogP contribution in [0.2, 0.25) is 0 Å². The molecule has 0 spiro atoms. The molecule has 2 atom stereocenters. The predicted molar refractivity (Wildman–Crippen MR) is 236 cm³/mol. The van der Waals surface area contributed by atoms with Crippen molar-refractivity contribution >= 4 is 68.9 Å². The number of anilines is 2. The predicted octanol–water partition coefficient (Wildman–Crippen LogP) is 4.62. The number of fused-ring (bicyclic) bond motifs is 2. The number of amides is 5. The molecule has 2 aromatic heterocycles. The Labute approximate surface area is 374 Å². The van der Waals surface area contributed by atoms with E-state index >= 15 is 8.78 Å². The Balaban J connectivity index is 0.776. The molecule has 3 aliphatic heterocycles. The summed E-state index contributed by atoms with van der Waals surface area (Å²) in [6.07, 6.45) is 4.28. The molecule has 3 fully saturated rings. The van der Waals surface area contributed by atoms with Crippen LogP contribution < -0.4 is 15.4 Å². The maximum atomic E-state index is 15.6. The fourth-order valence-electron chi connectivity index (χ4n) is 8.85. The van der Waals surface area contributed by atoms with Gasteiger partial charge < -0.3 is 15.2 Å². The molecular formula is C46H45F2N9O7S. The molecule has 65 heavy (non-hydrogen) atoms. The molecule has 5 amide bonds. The van der Waals surface area contributed by atoms with E-state index in [9.17, 15) is 33.0 Å². The van der Waals surface area contributed by atoms with Crippen LogP contribution in [0.1, 0.15) is 74.8 Å². The van der Waals surface area contributed by atoms with Crippen molar-refractivity contribution in [3.63, 3.8) is 0 Å². The van der Waals surface area contributed by atoms with Crippen molar-refractivity contribution in [1.29, 1.82) is 0 Å². The molecule has 5 heterocycles. The lowest BCUT2D eigenvalue weighted by Gasteiger charge is -2.41. The van der Waals surface area contributed by atoms with Crippen molar-refractivity contribution in [3.8, 4) is 11.1 Å². The summed E-state index contributed by atoms with van der Waals surface area (Å²) in [4.78, 5) is 90.6. The van der Waals surface area contributed by atoms with Gasteiger partial charge in [0, 0.05) is 99.3 Å². The molecule has 1 saturated carbocycles. The number of pyridine rings is 1. The van der Waals surface area contributed by atoms with Crippen molar-refractivity contribution < 1.29 is 41.8 Å². The third-order valence-corrected chi connectivity index (χ3v) is 13.9. The summed E-state index contributed by atoms with van der Waals surface area (Å²) in [7, 11) is 1.57. The number of hydrogen-bond donors (Lipinski definition) is 4. The van der Waals surface area contributed by atoms with Crippen LogP contribution in [0.3, 0.4) is 0 Å². The van der Waals surface area contributed by atoms with Gasteiger partial charge in [0.15, 0.2) is 17.0 Å². The summed E-state index contributed by atoms with van der Waals surface area (Å²) in [5, 5.41) is 5.95. The van der Waals surface area contributed by atoms with E-state index in [0.717, 1.165) is 28.2 Å². The fourth-order valence-corrected chi connectivity index (χ4v) is 9.59. The molecule has 3 aromatic carbocycles. The van der Waals surface area contributed by atoms with Crippen LogP contribution >= 0.6 is 0 Å². The first-order chi connectivity index (χ1) is 31.3. The Morgan fingerprint density at radius 2 is 1.69 bits per heavy atom. The number of piperidine rings is 1. The number of carbonyl (C=O) groups is 6. The number of rotatable bonds is 13. The summed E-state index contributed by atoms with van der Waals surface area (Å²) >= 11 is -1.81. The lowest BCUT2D eigenvalue weighted by molar-refractivity contribution is -0.140. The lowest BCUT2D eigenvalue weighted by atomic mass is 9.79. The molecule has 336 valence electrons. The summed E-state index contributed by atoms with van der Waals surface area (Å²) in [6.45, 7) is 5.39. The van der Waals surface area contributed by atoms with Crippen LogP contribution in [0.5, 0.6) is 0 Å². The normalized spacial score (nSPS) is 20.5. The van der Waals surface area contributed by atoms with E-state index in [4.69, 9.17) is 0 Å². The molecule has 2 saturated heterocycles. The first-order valence-electron chi connectivity index (χ1n) is 21.4. The molecule has 1 aliphatic carbocycles. The number of benzene rings is 3. The number of hydrogen-bond acceptors (Lipinski definition) is 10. The zero-order valence-corrected chi connectivity index (χ0v) is 36.3. The monoisotopic (exact) mass is 905 g/mol. The molecular weight excluding hydrogens is 861 g/mol. The van der Waals surface area contributed by atoms with Gasteiger partial charge in [-0.3, -0.25) is 48.6 Å². The van der Waals surface area contributed by atoms with Crippen LogP contribution in [-0.2, 0) is 32.1 Å². The van der Waals surface area contributed by atoms with E-state index in [1.165, 1.54) is 10.5 Å².